The fourth-order valence-electron chi connectivity index (χ4n) is 5.11. The zero-order valence-corrected chi connectivity index (χ0v) is 35.0. The van der Waals surface area contributed by atoms with Crippen LogP contribution in [-0.4, -0.2) is 81.2 Å². The van der Waals surface area contributed by atoms with Crippen molar-refractivity contribution in [1.29, 1.82) is 0 Å². The molecule has 0 bridgehead atoms. The summed E-state index contributed by atoms with van der Waals surface area (Å²) < 4.78 is 33.6. The Morgan fingerprint density at radius 1 is 0.698 bits per heavy atom. The van der Waals surface area contributed by atoms with Gasteiger partial charge in [-0.3, -0.25) is 14.2 Å². The molecule has 0 fully saturated rings. The van der Waals surface area contributed by atoms with Crippen LogP contribution in [0.5, 0.6) is 0 Å². The predicted octanol–water partition coefficient (Wildman–Crippen LogP) is 9.47. The third-order valence-corrected chi connectivity index (χ3v) is 9.39. The van der Waals surface area contributed by atoms with Crippen molar-refractivity contribution in [2.24, 2.45) is 0 Å². The molecule has 0 rings (SSSR count). The first-order valence-electron chi connectivity index (χ1n) is 20.5. The number of carbonyl (C=O) groups excluding carboxylic acids is 2. The van der Waals surface area contributed by atoms with Crippen molar-refractivity contribution >= 4 is 19.8 Å². The molecular formula is C42H76NO9P. The van der Waals surface area contributed by atoms with Crippen LogP contribution in [0.15, 0.2) is 48.6 Å². The van der Waals surface area contributed by atoms with Gasteiger partial charge in [-0.05, 0) is 57.8 Å². The van der Waals surface area contributed by atoms with Gasteiger partial charge in [0.15, 0.2) is 6.10 Å². The van der Waals surface area contributed by atoms with E-state index in [0.717, 1.165) is 51.4 Å². The summed E-state index contributed by atoms with van der Waals surface area (Å²) in [5, 5.41) is 10.3. The van der Waals surface area contributed by atoms with Gasteiger partial charge >= 0.3 is 11.9 Å². The monoisotopic (exact) mass is 770 g/mol. The Balaban J connectivity index is 4.62. The molecule has 0 heterocycles. The van der Waals surface area contributed by atoms with Crippen molar-refractivity contribution in [2.75, 3.05) is 47.5 Å². The molecule has 0 radical (unpaired) electrons. The van der Waals surface area contributed by atoms with Crippen LogP contribution in [0.1, 0.15) is 149 Å². The zero-order valence-electron chi connectivity index (χ0n) is 34.1. The summed E-state index contributed by atoms with van der Waals surface area (Å²) in [6.45, 7) is 3.92. The van der Waals surface area contributed by atoms with Crippen LogP contribution in [-0.2, 0) is 32.7 Å². The van der Waals surface area contributed by atoms with E-state index in [2.05, 4.69) is 38.2 Å². The molecule has 0 aliphatic heterocycles. The van der Waals surface area contributed by atoms with Crippen LogP contribution >= 0.6 is 7.82 Å². The van der Waals surface area contributed by atoms with Gasteiger partial charge in [-0.1, -0.05) is 127 Å². The van der Waals surface area contributed by atoms with Gasteiger partial charge in [0, 0.05) is 12.8 Å². The topological polar surface area (TPSA) is 131 Å². The van der Waals surface area contributed by atoms with Crippen LogP contribution < -0.4 is 4.89 Å². The van der Waals surface area contributed by atoms with Gasteiger partial charge in [0.05, 0.1) is 33.9 Å². The number of aliphatic hydroxyl groups is 1. The fraction of sp³-hybridized carbons (Fsp3) is 0.762. The van der Waals surface area contributed by atoms with Crippen molar-refractivity contribution in [1.82, 2.24) is 0 Å². The number of quaternary nitrogens is 1. The summed E-state index contributed by atoms with van der Waals surface area (Å²) >= 11 is 0. The first kappa shape index (κ1) is 50.9. The van der Waals surface area contributed by atoms with Gasteiger partial charge in [-0.15, -0.1) is 0 Å². The number of rotatable bonds is 36. The number of phosphoric ester groups is 1. The second kappa shape index (κ2) is 34.4. The summed E-state index contributed by atoms with van der Waals surface area (Å²) in [5.74, 6) is -1.05. The molecule has 10 nitrogen and oxygen atoms in total. The first-order chi connectivity index (χ1) is 25.4. The van der Waals surface area contributed by atoms with Crippen LogP contribution in [0.2, 0.25) is 0 Å². The van der Waals surface area contributed by atoms with Gasteiger partial charge < -0.3 is 33.0 Å². The Hall–Kier alpha value is -2.07. The zero-order chi connectivity index (χ0) is 39.5. The lowest BCUT2D eigenvalue weighted by Gasteiger charge is -2.28. The number of aliphatic hydroxyl groups excluding tert-OH is 1. The Bertz CT molecular complexity index is 1070. The molecule has 0 saturated heterocycles. The van der Waals surface area contributed by atoms with E-state index in [1.807, 2.05) is 33.3 Å². The molecule has 1 N–H and O–H groups in total. The quantitative estimate of drug-likeness (QED) is 0.0165. The molecule has 0 aliphatic rings. The number of hydrogen-bond donors (Lipinski definition) is 1. The molecule has 308 valence electrons. The molecule has 0 aromatic rings. The number of carbonyl (C=O) groups is 2. The number of nitrogens with zero attached hydrogens (tertiary/aromatic N) is 1. The second-order valence-corrected chi connectivity index (χ2v) is 16.3. The number of hydrogen-bond acceptors (Lipinski definition) is 9. The summed E-state index contributed by atoms with van der Waals surface area (Å²) in [6.07, 6.45) is 34.6. The van der Waals surface area contributed by atoms with Crippen LogP contribution in [0.3, 0.4) is 0 Å². The van der Waals surface area contributed by atoms with Gasteiger partial charge in [0.25, 0.3) is 7.82 Å². The second-order valence-electron chi connectivity index (χ2n) is 14.8. The van der Waals surface area contributed by atoms with E-state index in [4.69, 9.17) is 18.5 Å². The van der Waals surface area contributed by atoms with E-state index in [1.54, 1.807) is 12.2 Å². The lowest BCUT2D eigenvalue weighted by molar-refractivity contribution is -0.870. The van der Waals surface area contributed by atoms with Crippen LogP contribution in [0.25, 0.3) is 0 Å². The highest BCUT2D eigenvalue weighted by atomic mass is 31.2. The van der Waals surface area contributed by atoms with E-state index in [1.165, 1.54) is 51.4 Å². The summed E-state index contributed by atoms with van der Waals surface area (Å²) in [4.78, 5) is 37.4. The maximum atomic E-state index is 12.6. The van der Waals surface area contributed by atoms with Crippen molar-refractivity contribution in [3.63, 3.8) is 0 Å². The maximum Gasteiger partial charge on any atom is 0.306 e. The average molecular weight is 770 g/mol. The molecule has 0 amide bonds. The molecule has 0 aliphatic carbocycles. The smallest absolute Gasteiger partial charge is 0.306 e. The number of unbranched alkanes of at least 4 members (excludes halogenated alkanes) is 13. The van der Waals surface area contributed by atoms with E-state index >= 15 is 0 Å². The summed E-state index contributed by atoms with van der Waals surface area (Å²) in [6, 6.07) is 0. The molecule has 0 aromatic heterocycles. The highest BCUT2D eigenvalue weighted by Gasteiger charge is 2.22. The average Bonchev–Trinajstić information content (AvgIpc) is 3.09. The van der Waals surface area contributed by atoms with Crippen LogP contribution in [0, 0.1) is 0 Å². The molecule has 3 atom stereocenters. The van der Waals surface area contributed by atoms with Crippen molar-refractivity contribution in [3.05, 3.63) is 48.6 Å². The lowest BCUT2D eigenvalue weighted by atomic mass is 10.1. The minimum Gasteiger partial charge on any atom is -0.756 e. The van der Waals surface area contributed by atoms with Gasteiger partial charge in [0.1, 0.15) is 19.8 Å². The molecule has 0 spiro atoms. The SMILES string of the molecule is CCCC/C=C\CCCCCCCC(=O)OC[C@H](COP(=O)([O-])OCC[N+](C)(C)C)OC(=O)CCCC(O)/C=C/C=C/C/C=C/CCCCCCCC. The standard InChI is InChI=1S/C42H76NO9P/c1-6-8-10-12-14-16-18-19-21-22-24-26-28-31-39(44)32-30-34-42(46)52-40(38-51-53(47,48)50-36-35-43(3,4)5)37-49-41(45)33-29-27-25-23-20-17-15-13-11-9-7-2/h13,15,19,21,24,26,28,31,39-40,44H,6-12,14,16-18,20,22-23,25,27,29-30,32-38H2,1-5H3/b15-13-,21-19+,26-24+,31-28+/t39?,40-/m1/s1. The molecule has 11 heteroatoms. The van der Waals surface area contributed by atoms with E-state index in [9.17, 15) is 24.2 Å². The Labute approximate surface area is 323 Å². The third kappa shape index (κ3) is 38.0. The minimum atomic E-state index is -4.67. The maximum absolute atomic E-state index is 12.6. The first-order valence-corrected chi connectivity index (χ1v) is 21.9. The van der Waals surface area contributed by atoms with E-state index < -0.39 is 38.6 Å². The summed E-state index contributed by atoms with van der Waals surface area (Å²) in [7, 11) is 1.04. The highest BCUT2D eigenvalue weighted by molar-refractivity contribution is 7.45. The fourth-order valence-corrected chi connectivity index (χ4v) is 5.84. The number of likely N-dealkylation sites (N-methyl/N-ethyl adjacent to an activating group) is 1. The number of allylic oxidation sites excluding steroid dienone is 7. The van der Waals surface area contributed by atoms with Gasteiger partial charge in [-0.2, -0.15) is 0 Å². The molecule has 2 unspecified atom stereocenters. The Kier molecular flexibility index (Phi) is 33.1. The number of esters is 2. The van der Waals surface area contributed by atoms with Gasteiger partial charge in [0.2, 0.25) is 0 Å². The Morgan fingerprint density at radius 2 is 1.28 bits per heavy atom. The highest BCUT2D eigenvalue weighted by Crippen LogP contribution is 2.38. The van der Waals surface area contributed by atoms with Crippen molar-refractivity contribution in [3.8, 4) is 0 Å². The minimum absolute atomic E-state index is 0.00183. The van der Waals surface area contributed by atoms with E-state index in [0.29, 0.717) is 30.3 Å². The summed E-state index contributed by atoms with van der Waals surface area (Å²) in [5.41, 5.74) is 0. The number of phosphoric acid groups is 1. The largest absolute Gasteiger partial charge is 0.756 e. The van der Waals surface area contributed by atoms with Crippen molar-refractivity contribution < 1.29 is 47.2 Å². The molecule has 0 saturated carbocycles. The number of ether oxygens (including phenoxy) is 2. The Morgan fingerprint density at radius 3 is 1.94 bits per heavy atom. The van der Waals surface area contributed by atoms with Crippen LogP contribution in [0.4, 0.5) is 0 Å². The van der Waals surface area contributed by atoms with Crippen molar-refractivity contribution in [2.45, 2.75) is 161 Å². The molecule has 0 aromatic carbocycles. The predicted molar refractivity (Wildman–Crippen MR) is 214 cm³/mol. The lowest BCUT2D eigenvalue weighted by Crippen LogP contribution is -2.37. The normalized spacial score (nSPS) is 14.8. The third-order valence-electron chi connectivity index (χ3n) is 8.43. The van der Waals surface area contributed by atoms with Gasteiger partial charge in [-0.25, -0.2) is 0 Å². The molecule has 53 heavy (non-hydrogen) atoms. The molecular weight excluding hydrogens is 693 g/mol. The van der Waals surface area contributed by atoms with E-state index in [-0.39, 0.29) is 26.1 Å².